The Hall–Kier alpha value is -0.530. The molecule has 0 aromatic rings. The average molecular weight is 323 g/mol. The Kier molecular flexibility index (Phi) is 7.92. The van der Waals surface area contributed by atoms with E-state index in [0.29, 0.717) is 0 Å². The quantitative estimate of drug-likeness (QED) is 0.584. The first-order valence-electron chi connectivity index (χ1n) is 10.2. The first kappa shape index (κ1) is 18.8. The van der Waals surface area contributed by atoms with Gasteiger partial charge in [-0.15, -0.1) is 0 Å². The smallest absolute Gasteiger partial charge is 0.308 e. The molecule has 0 atom stereocenters. The molecule has 23 heavy (non-hydrogen) atoms. The summed E-state index contributed by atoms with van der Waals surface area (Å²) < 4.78 is 4.69. The van der Waals surface area contributed by atoms with Crippen LogP contribution in [0.3, 0.4) is 0 Å². The van der Waals surface area contributed by atoms with Crippen LogP contribution >= 0.6 is 0 Å². The largest absolute Gasteiger partial charge is 0.469 e. The van der Waals surface area contributed by atoms with Crippen molar-refractivity contribution < 1.29 is 9.53 Å². The van der Waals surface area contributed by atoms with Crippen molar-refractivity contribution >= 4 is 5.97 Å². The molecule has 2 heteroatoms. The number of hydrogen-bond acceptors (Lipinski definition) is 2. The highest BCUT2D eigenvalue weighted by Gasteiger charge is 2.27. The van der Waals surface area contributed by atoms with Crippen LogP contribution < -0.4 is 0 Å². The molecule has 0 aromatic heterocycles. The third-order valence-electron chi connectivity index (χ3n) is 6.68. The maximum atomic E-state index is 11.1. The number of methoxy groups -OCH3 is 1. The van der Waals surface area contributed by atoms with Crippen LogP contribution in [0.4, 0.5) is 0 Å². The maximum Gasteiger partial charge on any atom is 0.308 e. The Bertz CT molecular complexity index is 330. The summed E-state index contributed by atoms with van der Waals surface area (Å²) in [5.41, 5.74) is 0. The second-order valence-corrected chi connectivity index (χ2v) is 8.54. The number of ether oxygens (including phenoxy) is 1. The van der Waals surface area contributed by atoms with E-state index in [1.807, 2.05) is 0 Å². The Labute approximate surface area is 143 Å². The van der Waals surface area contributed by atoms with Crippen LogP contribution in [0, 0.1) is 29.6 Å². The van der Waals surface area contributed by atoms with Gasteiger partial charge in [0.15, 0.2) is 0 Å². The minimum Gasteiger partial charge on any atom is -0.469 e. The predicted molar refractivity (Wildman–Crippen MR) is 96.2 cm³/mol. The van der Waals surface area contributed by atoms with E-state index in [1.165, 1.54) is 45.6 Å². The standard InChI is InChI=1S/C12H22.C9H16O2/c1-10-6-8-12(9-7-10)11-4-2-3-5-11;1-7-3-5-8(6-4-7)9(10)11-2/h10-12H,2-9H2,1H3;7-8H,3-6H2,1-2H3. The lowest BCUT2D eigenvalue weighted by molar-refractivity contribution is -0.146. The first-order valence-corrected chi connectivity index (χ1v) is 10.2. The van der Waals surface area contributed by atoms with Crippen LogP contribution in [0.1, 0.15) is 90.9 Å². The van der Waals surface area contributed by atoms with Gasteiger partial charge in [-0.1, -0.05) is 52.4 Å². The van der Waals surface area contributed by atoms with E-state index < -0.39 is 0 Å². The van der Waals surface area contributed by atoms with Gasteiger partial charge in [0.2, 0.25) is 0 Å². The molecule has 3 aliphatic rings. The SMILES string of the molecule is CC1CCC(C2CCCC2)CC1.COC(=O)C1CCC(C)CC1. The predicted octanol–water partition coefficient (Wildman–Crippen LogP) is 5.99. The number of carbonyl (C=O) groups is 1. The number of rotatable bonds is 2. The molecular formula is C21H38O2. The van der Waals surface area contributed by atoms with Crippen molar-refractivity contribution in [2.45, 2.75) is 90.9 Å². The van der Waals surface area contributed by atoms with Crippen LogP contribution in [0.2, 0.25) is 0 Å². The van der Waals surface area contributed by atoms with Crippen LogP contribution in [0.25, 0.3) is 0 Å². The minimum atomic E-state index is -0.0168. The van der Waals surface area contributed by atoms with Gasteiger partial charge in [0.1, 0.15) is 0 Å². The second kappa shape index (κ2) is 9.69. The van der Waals surface area contributed by atoms with Crippen LogP contribution in [-0.4, -0.2) is 13.1 Å². The Morgan fingerprint density at radius 1 is 0.696 bits per heavy atom. The molecule has 0 N–H and O–H groups in total. The highest BCUT2D eigenvalue weighted by atomic mass is 16.5. The summed E-state index contributed by atoms with van der Waals surface area (Å²) in [4.78, 5) is 11.1. The zero-order valence-corrected chi connectivity index (χ0v) is 15.7. The van der Waals surface area contributed by atoms with Crippen molar-refractivity contribution in [3.8, 4) is 0 Å². The molecule has 3 fully saturated rings. The zero-order chi connectivity index (χ0) is 16.7. The van der Waals surface area contributed by atoms with E-state index in [-0.39, 0.29) is 11.9 Å². The second-order valence-electron chi connectivity index (χ2n) is 8.54. The molecule has 0 bridgehead atoms. The molecule has 0 amide bonds. The van der Waals surface area contributed by atoms with Crippen molar-refractivity contribution in [1.82, 2.24) is 0 Å². The van der Waals surface area contributed by atoms with Gasteiger partial charge >= 0.3 is 5.97 Å². The average Bonchev–Trinajstić information content (AvgIpc) is 3.11. The maximum absolute atomic E-state index is 11.1. The number of carbonyl (C=O) groups excluding carboxylic acids is 1. The fourth-order valence-electron chi connectivity index (χ4n) is 4.85. The molecule has 0 radical (unpaired) electrons. The van der Waals surface area contributed by atoms with Crippen molar-refractivity contribution in [1.29, 1.82) is 0 Å². The molecular weight excluding hydrogens is 284 g/mol. The van der Waals surface area contributed by atoms with Gasteiger partial charge in [-0.2, -0.15) is 0 Å². The summed E-state index contributed by atoms with van der Waals surface area (Å²) in [6, 6.07) is 0. The Morgan fingerprint density at radius 3 is 1.61 bits per heavy atom. The van der Waals surface area contributed by atoms with Gasteiger partial charge in [0, 0.05) is 0 Å². The molecule has 0 aliphatic heterocycles. The Morgan fingerprint density at radius 2 is 1.13 bits per heavy atom. The molecule has 0 heterocycles. The van der Waals surface area contributed by atoms with Gasteiger partial charge in [-0.25, -0.2) is 0 Å². The van der Waals surface area contributed by atoms with E-state index in [1.54, 1.807) is 25.7 Å². The third kappa shape index (κ3) is 6.12. The lowest BCUT2D eigenvalue weighted by Gasteiger charge is -2.30. The van der Waals surface area contributed by atoms with Crippen molar-refractivity contribution in [2.24, 2.45) is 29.6 Å². The molecule has 3 aliphatic carbocycles. The highest BCUT2D eigenvalue weighted by Crippen LogP contribution is 2.40. The van der Waals surface area contributed by atoms with Gasteiger partial charge in [0.05, 0.1) is 13.0 Å². The highest BCUT2D eigenvalue weighted by molar-refractivity contribution is 5.72. The van der Waals surface area contributed by atoms with Gasteiger partial charge in [-0.3, -0.25) is 4.79 Å². The zero-order valence-electron chi connectivity index (χ0n) is 15.7. The summed E-state index contributed by atoms with van der Waals surface area (Å²) in [6.07, 6.45) is 16.7. The Balaban J connectivity index is 0.000000168. The van der Waals surface area contributed by atoms with Gasteiger partial charge < -0.3 is 4.74 Å². The number of hydrogen-bond donors (Lipinski definition) is 0. The molecule has 0 saturated heterocycles. The lowest BCUT2D eigenvalue weighted by atomic mass is 9.76. The van der Waals surface area contributed by atoms with Crippen LogP contribution in [0.15, 0.2) is 0 Å². The van der Waals surface area contributed by atoms with E-state index in [9.17, 15) is 4.79 Å². The lowest BCUT2D eigenvalue weighted by Crippen LogP contribution is -2.21. The molecule has 3 rings (SSSR count). The van der Waals surface area contributed by atoms with Crippen molar-refractivity contribution in [3.05, 3.63) is 0 Å². The molecule has 134 valence electrons. The topological polar surface area (TPSA) is 26.3 Å². The van der Waals surface area contributed by atoms with Crippen molar-refractivity contribution in [3.63, 3.8) is 0 Å². The summed E-state index contributed by atoms with van der Waals surface area (Å²) in [5, 5.41) is 0. The van der Waals surface area contributed by atoms with E-state index >= 15 is 0 Å². The number of esters is 1. The van der Waals surface area contributed by atoms with E-state index in [4.69, 9.17) is 0 Å². The normalized spacial score (nSPS) is 35.3. The first-order chi connectivity index (χ1) is 11.1. The monoisotopic (exact) mass is 322 g/mol. The molecule has 0 spiro atoms. The summed E-state index contributed by atoms with van der Waals surface area (Å²) in [6.45, 7) is 4.67. The van der Waals surface area contributed by atoms with Gasteiger partial charge in [0.25, 0.3) is 0 Å². The van der Waals surface area contributed by atoms with E-state index in [0.717, 1.165) is 36.5 Å². The van der Waals surface area contributed by atoms with E-state index in [2.05, 4.69) is 18.6 Å². The molecule has 2 nitrogen and oxygen atoms in total. The molecule has 0 aromatic carbocycles. The van der Waals surface area contributed by atoms with Gasteiger partial charge in [-0.05, 0) is 62.2 Å². The van der Waals surface area contributed by atoms with Crippen molar-refractivity contribution in [2.75, 3.05) is 7.11 Å². The third-order valence-corrected chi connectivity index (χ3v) is 6.68. The summed E-state index contributed by atoms with van der Waals surface area (Å²) >= 11 is 0. The summed E-state index contributed by atoms with van der Waals surface area (Å²) in [5.74, 6) is 4.27. The summed E-state index contributed by atoms with van der Waals surface area (Å²) in [7, 11) is 1.47. The molecule has 3 saturated carbocycles. The fraction of sp³-hybridized carbons (Fsp3) is 0.952. The van der Waals surface area contributed by atoms with Crippen LogP contribution in [0.5, 0.6) is 0 Å². The minimum absolute atomic E-state index is 0.0168. The van der Waals surface area contributed by atoms with Crippen LogP contribution in [-0.2, 0) is 9.53 Å². The fourth-order valence-corrected chi connectivity index (χ4v) is 4.85. The molecule has 0 unspecified atom stereocenters.